The van der Waals surface area contributed by atoms with Crippen LogP contribution in [0, 0.1) is 0 Å². The van der Waals surface area contributed by atoms with Crippen molar-refractivity contribution in [3.05, 3.63) is 66.2 Å². The van der Waals surface area contributed by atoms with E-state index in [0.717, 1.165) is 51.3 Å². The van der Waals surface area contributed by atoms with Gasteiger partial charge in [-0.05, 0) is 43.3 Å². The summed E-state index contributed by atoms with van der Waals surface area (Å²) in [6.07, 6.45) is 0.888. The third-order valence-corrected chi connectivity index (χ3v) is 4.88. The molecule has 0 aliphatic rings. The number of hydrogen-bond donors (Lipinski definition) is 0. The third kappa shape index (κ3) is 2.02. The number of nitrogens with zero attached hydrogens (tertiary/aromatic N) is 2. The number of hydrogen-bond acceptors (Lipinski definition) is 3. The van der Waals surface area contributed by atoms with Crippen LogP contribution in [0.1, 0.15) is 17.3 Å². The van der Waals surface area contributed by atoms with Gasteiger partial charge in [-0.25, -0.2) is 4.98 Å². The van der Waals surface area contributed by atoms with E-state index in [0.29, 0.717) is 11.5 Å². The average Bonchev–Trinajstić information content (AvgIpc) is 3.26. The number of para-hydroxylation sites is 3. The lowest BCUT2D eigenvalue weighted by Crippen LogP contribution is -1.95. The van der Waals surface area contributed by atoms with Crippen molar-refractivity contribution in [1.29, 1.82) is 0 Å². The van der Waals surface area contributed by atoms with Crippen LogP contribution in [-0.2, 0) is 6.54 Å². The van der Waals surface area contributed by atoms with E-state index in [2.05, 4.69) is 22.5 Å². The number of fused-ring (bicyclic) bond motifs is 4. The maximum atomic E-state index is 11.2. The Labute approximate surface area is 149 Å². The first kappa shape index (κ1) is 14.9. The third-order valence-electron chi connectivity index (χ3n) is 4.88. The lowest BCUT2D eigenvalue weighted by Gasteiger charge is -2.06. The van der Waals surface area contributed by atoms with Gasteiger partial charge < -0.3 is 8.98 Å². The predicted octanol–water partition coefficient (Wildman–Crippen LogP) is 5.44. The van der Waals surface area contributed by atoms with Crippen LogP contribution in [0.25, 0.3) is 44.4 Å². The molecule has 0 fully saturated rings. The lowest BCUT2D eigenvalue weighted by molar-refractivity contribution is 0.112. The number of aldehydes is 1. The molecular weight excluding hydrogens is 324 g/mol. The Morgan fingerprint density at radius 3 is 2.73 bits per heavy atom. The van der Waals surface area contributed by atoms with Gasteiger partial charge >= 0.3 is 0 Å². The highest BCUT2D eigenvalue weighted by atomic mass is 16.3. The summed E-state index contributed by atoms with van der Waals surface area (Å²) in [7, 11) is 0. The predicted molar refractivity (Wildman–Crippen MR) is 104 cm³/mol. The van der Waals surface area contributed by atoms with Crippen molar-refractivity contribution < 1.29 is 9.21 Å². The van der Waals surface area contributed by atoms with Crippen molar-refractivity contribution in [1.82, 2.24) is 9.55 Å². The standard InChI is InChI=1S/C22H16N2O2/c1-2-24-19-11-10-14(13-25)12-17(19)15-6-5-7-16(21(15)24)22-23-18-8-3-4-9-20(18)26-22/h3-13H,2H2,1H3. The van der Waals surface area contributed by atoms with Crippen LogP contribution in [0.3, 0.4) is 0 Å². The molecule has 2 aromatic heterocycles. The van der Waals surface area contributed by atoms with E-state index in [1.165, 1.54) is 0 Å². The van der Waals surface area contributed by atoms with E-state index in [-0.39, 0.29) is 0 Å². The van der Waals surface area contributed by atoms with Gasteiger partial charge in [0.25, 0.3) is 0 Å². The molecule has 0 N–H and O–H groups in total. The van der Waals surface area contributed by atoms with E-state index in [4.69, 9.17) is 4.42 Å². The summed E-state index contributed by atoms with van der Waals surface area (Å²) in [5.74, 6) is 0.616. The molecule has 0 atom stereocenters. The number of carbonyl (C=O) groups excluding carboxylic acids is 1. The van der Waals surface area contributed by atoms with Crippen LogP contribution in [0.2, 0.25) is 0 Å². The number of oxazole rings is 1. The minimum Gasteiger partial charge on any atom is -0.436 e. The van der Waals surface area contributed by atoms with Crippen LogP contribution in [0.4, 0.5) is 0 Å². The Bertz CT molecular complexity index is 1260. The molecule has 0 bridgehead atoms. The number of aryl methyl sites for hydroxylation is 1. The fourth-order valence-electron chi connectivity index (χ4n) is 3.74. The van der Waals surface area contributed by atoms with Gasteiger partial charge in [-0.1, -0.05) is 24.3 Å². The van der Waals surface area contributed by atoms with E-state index in [9.17, 15) is 4.79 Å². The van der Waals surface area contributed by atoms with Gasteiger partial charge in [-0.15, -0.1) is 0 Å². The summed E-state index contributed by atoms with van der Waals surface area (Å²) < 4.78 is 8.28. The first-order chi connectivity index (χ1) is 12.8. The molecular formula is C22H16N2O2. The molecule has 4 nitrogen and oxygen atoms in total. The lowest BCUT2D eigenvalue weighted by atomic mass is 10.1. The van der Waals surface area contributed by atoms with Crippen molar-refractivity contribution in [2.45, 2.75) is 13.5 Å². The summed E-state index contributed by atoms with van der Waals surface area (Å²) in [5.41, 5.74) is 5.46. The van der Waals surface area contributed by atoms with Crippen LogP contribution >= 0.6 is 0 Å². The highest BCUT2D eigenvalue weighted by Crippen LogP contribution is 2.36. The Morgan fingerprint density at radius 2 is 1.92 bits per heavy atom. The molecule has 2 heterocycles. The van der Waals surface area contributed by atoms with Gasteiger partial charge in [0.1, 0.15) is 11.8 Å². The Kier molecular flexibility index (Phi) is 3.19. The second kappa shape index (κ2) is 5.56. The van der Waals surface area contributed by atoms with Crippen LogP contribution in [0.15, 0.2) is 65.1 Å². The second-order valence-corrected chi connectivity index (χ2v) is 6.33. The smallest absolute Gasteiger partial charge is 0.229 e. The highest BCUT2D eigenvalue weighted by Gasteiger charge is 2.17. The fraction of sp³-hybridized carbons (Fsp3) is 0.0909. The average molecular weight is 340 g/mol. The van der Waals surface area contributed by atoms with Crippen molar-refractivity contribution in [2.24, 2.45) is 0 Å². The van der Waals surface area contributed by atoms with Crippen molar-refractivity contribution >= 4 is 39.2 Å². The molecule has 5 rings (SSSR count). The highest BCUT2D eigenvalue weighted by molar-refractivity contribution is 6.13. The SMILES string of the molecule is CCn1c2ccc(C=O)cc2c2cccc(-c3nc4ccccc4o3)c21. The zero-order valence-electron chi connectivity index (χ0n) is 14.3. The number of rotatable bonds is 3. The molecule has 0 aliphatic carbocycles. The monoisotopic (exact) mass is 340 g/mol. The summed E-state index contributed by atoms with van der Waals surface area (Å²) in [6.45, 7) is 2.94. The molecule has 0 aliphatic heterocycles. The molecule has 3 aromatic carbocycles. The maximum Gasteiger partial charge on any atom is 0.229 e. The largest absolute Gasteiger partial charge is 0.436 e. The first-order valence-electron chi connectivity index (χ1n) is 8.66. The molecule has 0 amide bonds. The van der Waals surface area contributed by atoms with E-state index < -0.39 is 0 Å². The summed E-state index contributed by atoms with van der Waals surface area (Å²) in [5, 5.41) is 2.18. The number of aromatic nitrogens is 2. The van der Waals surface area contributed by atoms with Gasteiger partial charge in [0.2, 0.25) is 5.89 Å². The molecule has 26 heavy (non-hydrogen) atoms. The zero-order chi connectivity index (χ0) is 17.7. The van der Waals surface area contributed by atoms with Crippen molar-refractivity contribution in [3.8, 4) is 11.5 Å². The first-order valence-corrected chi connectivity index (χ1v) is 8.66. The van der Waals surface area contributed by atoms with Crippen LogP contribution < -0.4 is 0 Å². The Hall–Kier alpha value is -3.40. The molecule has 4 heteroatoms. The van der Waals surface area contributed by atoms with Gasteiger partial charge in [0.05, 0.1) is 11.1 Å². The van der Waals surface area contributed by atoms with Gasteiger partial charge in [-0.2, -0.15) is 0 Å². The Morgan fingerprint density at radius 1 is 1.04 bits per heavy atom. The molecule has 0 radical (unpaired) electrons. The topological polar surface area (TPSA) is 48.0 Å². The number of benzene rings is 3. The summed E-state index contributed by atoms with van der Waals surface area (Å²) in [4.78, 5) is 15.9. The fourth-order valence-corrected chi connectivity index (χ4v) is 3.74. The van der Waals surface area contributed by atoms with Gasteiger partial charge in [0.15, 0.2) is 5.58 Å². The Balaban J connectivity index is 1.90. The minimum atomic E-state index is 0.616. The summed E-state index contributed by atoms with van der Waals surface area (Å²) in [6, 6.07) is 19.8. The molecule has 5 aromatic rings. The van der Waals surface area contributed by atoms with Gasteiger partial charge in [0, 0.05) is 28.4 Å². The van der Waals surface area contributed by atoms with E-state index in [1.807, 2.05) is 54.6 Å². The molecule has 0 spiro atoms. The van der Waals surface area contributed by atoms with Crippen LogP contribution in [0.5, 0.6) is 0 Å². The van der Waals surface area contributed by atoms with Gasteiger partial charge in [-0.3, -0.25) is 4.79 Å². The normalized spacial score (nSPS) is 11.6. The molecule has 0 unspecified atom stereocenters. The number of carbonyl (C=O) groups is 1. The van der Waals surface area contributed by atoms with Crippen LogP contribution in [-0.4, -0.2) is 15.8 Å². The minimum absolute atomic E-state index is 0.616. The van der Waals surface area contributed by atoms with Crippen molar-refractivity contribution in [2.75, 3.05) is 0 Å². The van der Waals surface area contributed by atoms with Crippen molar-refractivity contribution in [3.63, 3.8) is 0 Å². The summed E-state index contributed by atoms with van der Waals surface area (Å²) >= 11 is 0. The maximum absolute atomic E-state index is 11.2. The molecule has 126 valence electrons. The molecule has 0 saturated carbocycles. The van der Waals surface area contributed by atoms with E-state index in [1.54, 1.807) is 0 Å². The molecule has 0 saturated heterocycles. The van der Waals surface area contributed by atoms with E-state index >= 15 is 0 Å². The second-order valence-electron chi connectivity index (χ2n) is 6.33. The quantitative estimate of drug-likeness (QED) is 0.411. The zero-order valence-corrected chi connectivity index (χ0v) is 14.3.